The van der Waals surface area contributed by atoms with Crippen LogP contribution in [0.2, 0.25) is 0 Å². The van der Waals surface area contributed by atoms with Crippen molar-refractivity contribution in [3.63, 3.8) is 0 Å². The molecule has 4 nitrogen and oxygen atoms in total. The zero-order chi connectivity index (χ0) is 19.3. The Hall–Kier alpha value is -1.85. The summed E-state index contributed by atoms with van der Waals surface area (Å²) in [5.41, 5.74) is 4.05. The summed E-state index contributed by atoms with van der Waals surface area (Å²) in [5, 5.41) is 7.08. The number of fused-ring (bicyclic) bond motifs is 4. The molecular formula is C23H27Cl3N4. The topological polar surface area (TPSA) is 41.0 Å². The number of halogens is 3. The van der Waals surface area contributed by atoms with Crippen LogP contribution >= 0.6 is 36.4 Å². The van der Waals surface area contributed by atoms with Crippen molar-refractivity contribution in [2.45, 2.75) is 13.3 Å². The molecule has 4 aromatic rings. The van der Waals surface area contributed by atoms with Gasteiger partial charge in [-0.05, 0) is 37.7 Å². The van der Waals surface area contributed by atoms with Crippen LogP contribution in [0.4, 0.5) is 5.69 Å². The number of nitrogens with one attached hydrogen (secondary N) is 1. The maximum atomic E-state index is 5.89. The number of alkyl halides is 1. The summed E-state index contributed by atoms with van der Waals surface area (Å²) in [5.74, 6) is 0.682. The Morgan fingerprint density at radius 1 is 0.933 bits per heavy atom. The van der Waals surface area contributed by atoms with Crippen LogP contribution in [-0.4, -0.2) is 46.9 Å². The van der Waals surface area contributed by atoms with Crippen LogP contribution in [0.25, 0.3) is 32.7 Å². The number of anilines is 1. The molecule has 0 saturated heterocycles. The summed E-state index contributed by atoms with van der Waals surface area (Å²) < 4.78 is 0. The van der Waals surface area contributed by atoms with Crippen LogP contribution in [0.3, 0.4) is 0 Å². The molecule has 0 aliphatic rings. The minimum Gasteiger partial charge on any atom is -0.384 e. The zero-order valence-electron chi connectivity index (χ0n) is 17.0. The van der Waals surface area contributed by atoms with Crippen molar-refractivity contribution in [3.8, 4) is 0 Å². The molecule has 7 heteroatoms. The molecule has 30 heavy (non-hydrogen) atoms. The van der Waals surface area contributed by atoms with E-state index >= 15 is 0 Å². The minimum atomic E-state index is 0. The van der Waals surface area contributed by atoms with E-state index in [0.29, 0.717) is 5.88 Å². The average molecular weight is 466 g/mol. The fourth-order valence-electron chi connectivity index (χ4n) is 3.75. The molecule has 0 unspecified atom stereocenters. The second-order valence-corrected chi connectivity index (χ2v) is 7.32. The highest BCUT2D eigenvalue weighted by atomic mass is 35.5. The van der Waals surface area contributed by atoms with Crippen LogP contribution in [0.1, 0.15) is 13.3 Å². The van der Waals surface area contributed by atoms with Gasteiger partial charge in [-0.15, -0.1) is 36.4 Å². The third kappa shape index (κ3) is 5.06. The van der Waals surface area contributed by atoms with Gasteiger partial charge in [0.15, 0.2) is 0 Å². The molecule has 0 fully saturated rings. The van der Waals surface area contributed by atoms with Gasteiger partial charge < -0.3 is 10.2 Å². The molecule has 0 bridgehead atoms. The van der Waals surface area contributed by atoms with E-state index < -0.39 is 0 Å². The molecule has 2 aromatic carbocycles. The molecule has 0 aliphatic heterocycles. The quantitative estimate of drug-likeness (QED) is 0.147. The van der Waals surface area contributed by atoms with Crippen LogP contribution in [0, 0.1) is 0 Å². The Morgan fingerprint density at radius 3 is 2.57 bits per heavy atom. The van der Waals surface area contributed by atoms with Crippen LogP contribution in [0.15, 0.2) is 54.7 Å². The van der Waals surface area contributed by atoms with Gasteiger partial charge >= 0.3 is 0 Å². The lowest BCUT2D eigenvalue weighted by Gasteiger charge is -2.19. The molecule has 160 valence electrons. The number of para-hydroxylation sites is 1. The van der Waals surface area contributed by atoms with Crippen LogP contribution in [-0.2, 0) is 0 Å². The summed E-state index contributed by atoms with van der Waals surface area (Å²) in [4.78, 5) is 11.9. The summed E-state index contributed by atoms with van der Waals surface area (Å²) in [6.07, 6.45) is 2.90. The van der Waals surface area contributed by atoms with Gasteiger partial charge in [0, 0.05) is 41.3 Å². The van der Waals surface area contributed by atoms with Gasteiger partial charge in [0.2, 0.25) is 0 Å². The second kappa shape index (κ2) is 11.5. The molecular weight excluding hydrogens is 439 g/mol. The van der Waals surface area contributed by atoms with Crippen molar-refractivity contribution in [2.75, 3.05) is 37.4 Å². The Bertz CT molecular complexity index is 1100. The lowest BCUT2D eigenvalue weighted by atomic mass is 10.0. The van der Waals surface area contributed by atoms with Gasteiger partial charge in [-0.25, -0.2) is 4.98 Å². The van der Waals surface area contributed by atoms with Gasteiger partial charge in [-0.2, -0.15) is 0 Å². The summed E-state index contributed by atoms with van der Waals surface area (Å²) >= 11 is 5.89. The first-order chi connectivity index (χ1) is 13.8. The van der Waals surface area contributed by atoms with Crippen LogP contribution in [0.5, 0.6) is 0 Å². The van der Waals surface area contributed by atoms with Gasteiger partial charge in [0.05, 0.1) is 22.2 Å². The van der Waals surface area contributed by atoms with Crippen molar-refractivity contribution in [3.05, 3.63) is 54.7 Å². The van der Waals surface area contributed by atoms with Crippen molar-refractivity contribution < 1.29 is 0 Å². The average Bonchev–Trinajstić information content (AvgIpc) is 2.75. The molecule has 4 rings (SSSR count). The second-order valence-electron chi connectivity index (χ2n) is 6.94. The Balaban J connectivity index is 0.00000160. The smallest absolute Gasteiger partial charge is 0.0993 e. The highest BCUT2D eigenvalue weighted by Gasteiger charge is 2.12. The Morgan fingerprint density at radius 2 is 1.77 bits per heavy atom. The van der Waals surface area contributed by atoms with E-state index in [9.17, 15) is 0 Å². The minimum absolute atomic E-state index is 0. The molecule has 2 heterocycles. The number of aromatic nitrogens is 2. The first-order valence-electron chi connectivity index (χ1n) is 9.90. The van der Waals surface area contributed by atoms with E-state index in [4.69, 9.17) is 16.6 Å². The standard InChI is InChI=1S/C23H25ClN4.2ClH/c1-2-28(16-12-24)15-6-14-26-22-18-8-3-4-9-20(18)27-23-19(22)11-10-17-7-5-13-25-21(17)23;;/h3-5,7-11,13H,2,6,12,14-16H2,1H3,(H,26,27);2*1H. The zero-order valence-corrected chi connectivity index (χ0v) is 19.4. The normalized spacial score (nSPS) is 10.9. The summed E-state index contributed by atoms with van der Waals surface area (Å²) in [6, 6.07) is 16.7. The third-order valence-electron chi connectivity index (χ3n) is 5.22. The van der Waals surface area contributed by atoms with Gasteiger partial charge in [-0.3, -0.25) is 4.98 Å². The molecule has 0 amide bonds. The Kier molecular flexibility index (Phi) is 9.37. The maximum absolute atomic E-state index is 5.89. The van der Waals surface area contributed by atoms with Crippen molar-refractivity contribution in [1.29, 1.82) is 0 Å². The van der Waals surface area contributed by atoms with E-state index in [-0.39, 0.29) is 24.8 Å². The molecule has 2 aromatic heterocycles. The van der Waals surface area contributed by atoms with E-state index in [2.05, 4.69) is 58.5 Å². The lowest BCUT2D eigenvalue weighted by Crippen LogP contribution is -2.27. The number of rotatable bonds is 8. The number of benzene rings is 2. The first-order valence-corrected chi connectivity index (χ1v) is 10.4. The molecule has 0 aliphatic carbocycles. The van der Waals surface area contributed by atoms with Crippen molar-refractivity contribution in [2.24, 2.45) is 0 Å². The van der Waals surface area contributed by atoms with E-state index in [0.717, 1.165) is 71.0 Å². The predicted octanol–water partition coefficient (Wildman–Crippen LogP) is 6.14. The first kappa shape index (κ1) is 24.4. The maximum Gasteiger partial charge on any atom is 0.0993 e. The van der Waals surface area contributed by atoms with Gasteiger partial charge in [-0.1, -0.05) is 37.3 Å². The SMILES string of the molecule is CCN(CCCl)CCCNc1c2ccccc2nc2c1ccc1cccnc12.Cl.Cl. The number of nitrogens with zero attached hydrogens (tertiary/aromatic N) is 3. The predicted molar refractivity (Wildman–Crippen MR) is 135 cm³/mol. The number of hydrogen-bond acceptors (Lipinski definition) is 4. The molecule has 0 radical (unpaired) electrons. The summed E-state index contributed by atoms with van der Waals surface area (Å²) in [7, 11) is 0. The highest BCUT2D eigenvalue weighted by molar-refractivity contribution is 6.18. The van der Waals surface area contributed by atoms with Gasteiger partial charge in [0.25, 0.3) is 0 Å². The van der Waals surface area contributed by atoms with E-state index in [1.807, 2.05) is 18.3 Å². The van der Waals surface area contributed by atoms with E-state index in [1.165, 1.54) is 0 Å². The fraction of sp³-hybridized carbons (Fsp3) is 0.304. The fourth-order valence-corrected chi connectivity index (χ4v) is 3.99. The molecule has 0 atom stereocenters. The molecule has 0 saturated carbocycles. The largest absolute Gasteiger partial charge is 0.384 e. The summed E-state index contributed by atoms with van der Waals surface area (Å²) in [6.45, 7) is 6.11. The lowest BCUT2D eigenvalue weighted by molar-refractivity contribution is 0.304. The third-order valence-corrected chi connectivity index (χ3v) is 5.39. The molecule has 1 N–H and O–H groups in total. The molecule has 0 spiro atoms. The number of pyridine rings is 2. The Labute approximate surface area is 194 Å². The van der Waals surface area contributed by atoms with Gasteiger partial charge in [0.1, 0.15) is 0 Å². The van der Waals surface area contributed by atoms with Crippen molar-refractivity contribution in [1.82, 2.24) is 14.9 Å². The van der Waals surface area contributed by atoms with Crippen molar-refractivity contribution >= 4 is 74.8 Å². The van der Waals surface area contributed by atoms with Crippen LogP contribution < -0.4 is 5.32 Å². The van der Waals surface area contributed by atoms with E-state index in [1.54, 1.807) is 0 Å². The monoisotopic (exact) mass is 464 g/mol. The number of hydrogen-bond donors (Lipinski definition) is 1. The highest BCUT2D eigenvalue weighted by Crippen LogP contribution is 2.33.